The number of amides is 1. The number of rotatable bonds is 8. The zero-order chi connectivity index (χ0) is 23.2. The van der Waals surface area contributed by atoms with Crippen LogP contribution >= 0.6 is 15.9 Å². The molecule has 8 heteroatoms. The van der Waals surface area contributed by atoms with E-state index < -0.39 is 0 Å². The van der Waals surface area contributed by atoms with Crippen LogP contribution in [0.1, 0.15) is 56.7 Å². The number of nitrogens with one attached hydrogen (secondary N) is 1. The van der Waals surface area contributed by atoms with Crippen molar-refractivity contribution in [3.63, 3.8) is 0 Å². The van der Waals surface area contributed by atoms with Gasteiger partial charge < -0.3 is 10.2 Å². The molecule has 0 spiro atoms. The molecule has 3 heterocycles. The van der Waals surface area contributed by atoms with Gasteiger partial charge in [-0.2, -0.15) is 4.98 Å². The second-order valence-corrected chi connectivity index (χ2v) is 9.76. The van der Waals surface area contributed by atoms with Crippen LogP contribution in [0, 0.1) is 0 Å². The summed E-state index contributed by atoms with van der Waals surface area (Å²) in [5.74, 6) is 1.89. The van der Waals surface area contributed by atoms with Crippen molar-refractivity contribution in [3.05, 3.63) is 64.8 Å². The molecule has 7 nitrogen and oxygen atoms in total. The third-order valence-electron chi connectivity index (χ3n) is 6.04. The van der Waals surface area contributed by atoms with E-state index >= 15 is 0 Å². The van der Waals surface area contributed by atoms with Gasteiger partial charge in [0.25, 0.3) is 0 Å². The van der Waals surface area contributed by atoms with Crippen molar-refractivity contribution in [2.45, 2.75) is 57.9 Å². The van der Waals surface area contributed by atoms with E-state index in [4.69, 9.17) is 9.97 Å². The van der Waals surface area contributed by atoms with Gasteiger partial charge in [-0.1, -0.05) is 41.9 Å². The van der Waals surface area contributed by atoms with E-state index in [1.54, 1.807) is 12.5 Å². The van der Waals surface area contributed by atoms with Crippen molar-refractivity contribution in [1.82, 2.24) is 24.8 Å². The molecule has 2 aromatic heterocycles. The minimum absolute atomic E-state index is 0.0944. The van der Waals surface area contributed by atoms with Gasteiger partial charge in [0.05, 0.1) is 5.69 Å². The van der Waals surface area contributed by atoms with E-state index in [1.807, 2.05) is 22.9 Å². The highest BCUT2D eigenvalue weighted by Crippen LogP contribution is 2.28. The van der Waals surface area contributed by atoms with Crippen molar-refractivity contribution < 1.29 is 4.79 Å². The summed E-state index contributed by atoms with van der Waals surface area (Å²) in [6, 6.07) is 10.4. The Hall–Kier alpha value is -2.74. The van der Waals surface area contributed by atoms with Gasteiger partial charge in [-0.15, -0.1) is 0 Å². The lowest BCUT2D eigenvalue weighted by atomic mass is 9.98. The van der Waals surface area contributed by atoms with Crippen LogP contribution in [0.25, 0.3) is 5.95 Å². The maximum atomic E-state index is 12.8. The Morgan fingerprint density at radius 1 is 1.21 bits per heavy atom. The van der Waals surface area contributed by atoms with Crippen LogP contribution in [0.5, 0.6) is 0 Å². The first kappa shape index (κ1) is 23.4. The van der Waals surface area contributed by atoms with E-state index in [2.05, 4.69) is 63.2 Å². The van der Waals surface area contributed by atoms with Gasteiger partial charge >= 0.3 is 0 Å². The number of imidazole rings is 1. The molecular formula is C25H31BrN6O. The van der Waals surface area contributed by atoms with Crippen molar-refractivity contribution in [2.24, 2.45) is 0 Å². The fourth-order valence-corrected chi connectivity index (χ4v) is 4.44. The van der Waals surface area contributed by atoms with E-state index in [9.17, 15) is 4.79 Å². The molecule has 1 aromatic carbocycles. The molecule has 1 fully saturated rings. The summed E-state index contributed by atoms with van der Waals surface area (Å²) in [5, 5.41) is 3.11. The number of carbonyl (C=O) groups is 1. The number of aromatic nitrogens is 4. The predicted molar refractivity (Wildman–Crippen MR) is 134 cm³/mol. The van der Waals surface area contributed by atoms with Gasteiger partial charge in [0.2, 0.25) is 11.9 Å². The summed E-state index contributed by atoms with van der Waals surface area (Å²) >= 11 is 3.46. The average Bonchev–Trinajstić information content (AvgIpc) is 3.35. The second-order valence-electron chi connectivity index (χ2n) is 8.85. The molecule has 1 aliphatic heterocycles. The topological polar surface area (TPSA) is 75.9 Å². The van der Waals surface area contributed by atoms with Crippen molar-refractivity contribution >= 4 is 27.7 Å². The van der Waals surface area contributed by atoms with Crippen LogP contribution in [0.4, 0.5) is 5.82 Å². The third-order valence-corrected chi connectivity index (χ3v) is 6.57. The summed E-state index contributed by atoms with van der Waals surface area (Å²) in [7, 11) is 0. The van der Waals surface area contributed by atoms with E-state index in [0.29, 0.717) is 18.9 Å². The lowest BCUT2D eigenvalue weighted by molar-refractivity contribution is -0.121. The van der Waals surface area contributed by atoms with E-state index in [0.717, 1.165) is 48.2 Å². The Bertz CT molecular complexity index is 1050. The fourth-order valence-electron chi connectivity index (χ4n) is 4.17. The van der Waals surface area contributed by atoms with Crippen molar-refractivity contribution in [3.8, 4) is 5.95 Å². The number of hydrogen-bond acceptors (Lipinski definition) is 5. The van der Waals surface area contributed by atoms with Crippen LogP contribution in [-0.4, -0.2) is 44.6 Å². The Balaban J connectivity index is 1.44. The van der Waals surface area contributed by atoms with Gasteiger partial charge in [-0.3, -0.25) is 9.36 Å². The first-order chi connectivity index (χ1) is 16.0. The number of nitrogens with zero attached hydrogens (tertiary/aromatic N) is 5. The van der Waals surface area contributed by atoms with Crippen LogP contribution in [-0.2, 0) is 11.2 Å². The minimum atomic E-state index is 0.0944. The molecule has 4 rings (SSSR count). The average molecular weight is 511 g/mol. The number of benzene rings is 1. The number of halogens is 1. The lowest BCUT2D eigenvalue weighted by Crippen LogP contribution is -2.43. The smallest absolute Gasteiger partial charge is 0.237 e. The summed E-state index contributed by atoms with van der Waals surface area (Å²) in [5.41, 5.74) is 2.21. The minimum Gasteiger partial charge on any atom is -0.356 e. The highest BCUT2D eigenvalue weighted by molar-refractivity contribution is 9.10. The van der Waals surface area contributed by atoms with Gasteiger partial charge in [-0.25, -0.2) is 9.97 Å². The van der Waals surface area contributed by atoms with Crippen molar-refractivity contribution in [1.29, 1.82) is 0 Å². The molecule has 1 unspecified atom stereocenters. The maximum Gasteiger partial charge on any atom is 0.237 e. The maximum absolute atomic E-state index is 12.8. The molecule has 1 saturated heterocycles. The highest BCUT2D eigenvalue weighted by atomic mass is 79.9. The molecule has 33 heavy (non-hydrogen) atoms. The molecular weight excluding hydrogens is 480 g/mol. The van der Waals surface area contributed by atoms with E-state index in [1.165, 1.54) is 5.56 Å². The fraction of sp³-hybridized carbons (Fsp3) is 0.440. The van der Waals surface area contributed by atoms with Crippen LogP contribution < -0.4 is 10.2 Å². The SMILES string of the molecule is CC(C)c1cc(N2CCCCC2CC(=O)NCCc2ccc(Br)cc2)nc(-n2ccnc2)n1. The van der Waals surface area contributed by atoms with Gasteiger partial charge in [0.15, 0.2) is 0 Å². The van der Waals surface area contributed by atoms with Crippen LogP contribution in [0.2, 0.25) is 0 Å². The molecule has 0 radical (unpaired) electrons. The molecule has 1 N–H and O–H groups in total. The van der Waals surface area contributed by atoms with Crippen LogP contribution in [0.15, 0.2) is 53.5 Å². The summed E-state index contributed by atoms with van der Waals surface area (Å²) in [6.45, 7) is 5.81. The summed E-state index contributed by atoms with van der Waals surface area (Å²) in [4.78, 5) is 28.8. The molecule has 1 aliphatic rings. The second kappa shape index (κ2) is 10.9. The predicted octanol–water partition coefficient (Wildman–Crippen LogP) is 4.66. The number of carbonyl (C=O) groups excluding carboxylic acids is 1. The molecule has 174 valence electrons. The molecule has 3 aromatic rings. The lowest BCUT2D eigenvalue weighted by Gasteiger charge is -2.36. The number of piperidine rings is 1. The highest BCUT2D eigenvalue weighted by Gasteiger charge is 2.27. The number of hydrogen-bond donors (Lipinski definition) is 1. The largest absolute Gasteiger partial charge is 0.356 e. The first-order valence-corrected chi connectivity index (χ1v) is 12.4. The molecule has 0 saturated carbocycles. The molecule has 0 bridgehead atoms. The Labute approximate surface area is 203 Å². The van der Waals surface area contributed by atoms with Gasteiger partial charge in [-0.05, 0) is 49.3 Å². The Kier molecular flexibility index (Phi) is 7.75. The zero-order valence-corrected chi connectivity index (χ0v) is 20.8. The number of anilines is 1. The quantitative estimate of drug-likeness (QED) is 0.476. The van der Waals surface area contributed by atoms with Gasteiger partial charge in [0.1, 0.15) is 12.1 Å². The molecule has 1 amide bonds. The standard InChI is InChI=1S/C25H31BrN6O/c1-18(2)22-16-23(30-25(29-22)31-14-12-27-17-31)32-13-4-3-5-21(32)15-24(33)28-11-10-19-6-8-20(26)9-7-19/h6-9,12,14,16-18,21H,3-5,10-11,13,15H2,1-2H3,(H,28,33). The Morgan fingerprint density at radius 3 is 2.76 bits per heavy atom. The normalized spacial score (nSPS) is 16.2. The Morgan fingerprint density at radius 2 is 2.03 bits per heavy atom. The monoisotopic (exact) mass is 510 g/mol. The zero-order valence-electron chi connectivity index (χ0n) is 19.2. The molecule has 1 atom stereocenters. The third kappa shape index (κ3) is 6.19. The summed E-state index contributed by atoms with van der Waals surface area (Å²) in [6.07, 6.45) is 9.82. The molecule has 0 aliphatic carbocycles. The van der Waals surface area contributed by atoms with Gasteiger partial charge in [0, 0.05) is 48.5 Å². The van der Waals surface area contributed by atoms with Crippen LogP contribution in [0.3, 0.4) is 0 Å². The summed E-state index contributed by atoms with van der Waals surface area (Å²) < 4.78 is 2.90. The van der Waals surface area contributed by atoms with E-state index in [-0.39, 0.29) is 17.9 Å². The van der Waals surface area contributed by atoms with Crippen molar-refractivity contribution in [2.75, 3.05) is 18.0 Å². The first-order valence-electron chi connectivity index (χ1n) is 11.6.